The second kappa shape index (κ2) is 10.6. The van der Waals surface area contributed by atoms with Crippen LogP contribution in [0.15, 0.2) is 54.6 Å². The van der Waals surface area contributed by atoms with Crippen LogP contribution in [0.4, 0.5) is 0 Å². The van der Waals surface area contributed by atoms with Crippen molar-refractivity contribution in [2.45, 2.75) is 69.3 Å². The van der Waals surface area contributed by atoms with Gasteiger partial charge < -0.3 is 10.2 Å². The van der Waals surface area contributed by atoms with Crippen molar-refractivity contribution in [2.24, 2.45) is 0 Å². The molecule has 2 aliphatic heterocycles. The minimum Gasteiger partial charge on any atom is -0.343 e. The number of hydrogen-bond acceptors (Lipinski definition) is 5. The largest absolute Gasteiger partial charge is 0.343 e. The number of ketones is 1. The van der Waals surface area contributed by atoms with E-state index in [1.807, 2.05) is 54.6 Å². The fourth-order valence-electron chi connectivity index (χ4n) is 5.14. The van der Waals surface area contributed by atoms with E-state index >= 15 is 0 Å². The van der Waals surface area contributed by atoms with Gasteiger partial charge in [0.1, 0.15) is 6.04 Å². The first kappa shape index (κ1) is 24.2. The normalized spacial score (nSPS) is 22.7. The number of thioether (sulfide) groups is 1. The molecule has 2 aliphatic rings. The van der Waals surface area contributed by atoms with Gasteiger partial charge in [0.15, 0.2) is 10.9 Å². The van der Waals surface area contributed by atoms with E-state index in [2.05, 4.69) is 5.32 Å². The van der Waals surface area contributed by atoms with Crippen LogP contribution in [-0.4, -0.2) is 44.9 Å². The van der Waals surface area contributed by atoms with E-state index in [9.17, 15) is 19.2 Å². The molecule has 6 nitrogen and oxygen atoms in total. The van der Waals surface area contributed by atoms with E-state index in [4.69, 9.17) is 0 Å². The number of hydrogen-bond donors (Lipinski definition) is 1. The summed E-state index contributed by atoms with van der Waals surface area (Å²) in [6, 6.07) is 16.0. The predicted molar refractivity (Wildman–Crippen MR) is 132 cm³/mol. The third kappa shape index (κ3) is 5.25. The number of amides is 2. The molecule has 4 atom stereocenters. The summed E-state index contributed by atoms with van der Waals surface area (Å²) in [4.78, 5) is 53.2. The Labute approximate surface area is 204 Å². The topological polar surface area (TPSA) is 83.6 Å². The minimum absolute atomic E-state index is 0.0309. The first-order valence-electron chi connectivity index (χ1n) is 11.8. The molecule has 7 heteroatoms. The summed E-state index contributed by atoms with van der Waals surface area (Å²) in [5, 5.41) is 2.16. The van der Waals surface area contributed by atoms with Crippen molar-refractivity contribution in [1.82, 2.24) is 10.2 Å². The molecule has 0 aliphatic carbocycles. The fraction of sp³-hybridized carbons (Fsp3) is 0.407. The van der Waals surface area contributed by atoms with Crippen molar-refractivity contribution in [2.75, 3.05) is 0 Å². The Morgan fingerprint density at radius 1 is 1.03 bits per heavy atom. The van der Waals surface area contributed by atoms with Gasteiger partial charge in [0.2, 0.25) is 11.8 Å². The van der Waals surface area contributed by atoms with Gasteiger partial charge in [-0.25, -0.2) is 0 Å². The maximum absolute atomic E-state index is 13.8. The molecule has 2 aromatic carbocycles. The molecule has 0 aromatic heterocycles. The van der Waals surface area contributed by atoms with Crippen molar-refractivity contribution in [3.8, 4) is 0 Å². The average molecular weight is 479 g/mol. The Hall–Kier alpha value is -2.93. The molecule has 0 saturated carbocycles. The summed E-state index contributed by atoms with van der Waals surface area (Å²) in [5.74, 6) is -0.591. The number of fused-ring (bicyclic) bond motifs is 3. The lowest BCUT2D eigenvalue weighted by molar-refractivity contribution is -0.146. The molecule has 1 unspecified atom stereocenters. The first-order chi connectivity index (χ1) is 16.3. The smallest absolute Gasteiger partial charge is 0.246 e. The first-order valence-corrected chi connectivity index (χ1v) is 12.6. The highest BCUT2D eigenvalue weighted by atomic mass is 32.2. The lowest BCUT2D eigenvalue weighted by Gasteiger charge is -2.41. The summed E-state index contributed by atoms with van der Waals surface area (Å²) < 4.78 is 0. The molecule has 2 amide bonds. The van der Waals surface area contributed by atoms with Crippen LogP contribution in [0.2, 0.25) is 0 Å². The second-order valence-electron chi connectivity index (χ2n) is 9.07. The van der Waals surface area contributed by atoms with Crippen LogP contribution < -0.4 is 5.32 Å². The van der Waals surface area contributed by atoms with Gasteiger partial charge in [-0.1, -0.05) is 66.4 Å². The lowest BCUT2D eigenvalue weighted by Crippen LogP contribution is -2.56. The van der Waals surface area contributed by atoms with E-state index in [0.717, 1.165) is 41.3 Å². The van der Waals surface area contributed by atoms with Crippen molar-refractivity contribution in [1.29, 1.82) is 0 Å². The number of nitrogens with zero attached hydrogens (tertiary/aromatic N) is 1. The Morgan fingerprint density at radius 2 is 1.74 bits per heavy atom. The maximum atomic E-state index is 13.8. The SMILES string of the molecule is CC(=O)S[C@@H](Cc1ccccc1)C(=O)NC1Cc2ccccc2[C@H]2CCC[C@@H](C(C)=O)N2C1=O. The van der Waals surface area contributed by atoms with Crippen LogP contribution in [0.1, 0.15) is 55.8 Å². The van der Waals surface area contributed by atoms with Gasteiger partial charge in [-0.05, 0) is 49.3 Å². The molecule has 178 valence electrons. The maximum Gasteiger partial charge on any atom is 0.246 e. The Kier molecular flexibility index (Phi) is 7.51. The summed E-state index contributed by atoms with van der Waals surface area (Å²) in [5.41, 5.74) is 3.01. The van der Waals surface area contributed by atoms with Crippen molar-refractivity contribution >= 4 is 34.5 Å². The number of carbonyl (C=O) groups excluding carboxylic acids is 4. The third-order valence-electron chi connectivity index (χ3n) is 6.67. The summed E-state index contributed by atoms with van der Waals surface area (Å²) in [7, 11) is 0. The number of nitrogens with one attached hydrogen (secondary N) is 1. The van der Waals surface area contributed by atoms with Gasteiger partial charge in [0.25, 0.3) is 0 Å². The molecule has 1 saturated heterocycles. The highest BCUT2D eigenvalue weighted by Crippen LogP contribution is 2.39. The summed E-state index contributed by atoms with van der Waals surface area (Å²) in [6.45, 7) is 2.98. The van der Waals surface area contributed by atoms with Crippen LogP contribution in [0.25, 0.3) is 0 Å². The van der Waals surface area contributed by atoms with Crippen LogP contribution in [0.5, 0.6) is 0 Å². The average Bonchev–Trinajstić information content (AvgIpc) is 2.94. The molecule has 4 rings (SSSR count). The zero-order valence-corrected chi connectivity index (χ0v) is 20.3. The quantitative estimate of drug-likeness (QED) is 0.686. The molecule has 1 fully saturated rings. The molecular weight excluding hydrogens is 448 g/mol. The molecule has 0 radical (unpaired) electrons. The monoisotopic (exact) mass is 478 g/mol. The molecule has 34 heavy (non-hydrogen) atoms. The third-order valence-corrected chi connectivity index (χ3v) is 7.66. The van der Waals surface area contributed by atoms with Crippen molar-refractivity contribution in [3.63, 3.8) is 0 Å². The molecule has 1 N–H and O–H groups in total. The molecular formula is C27H30N2O4S. The van der Waals surface area contributed by atoms with E-state index < -0.39 is 17.3 Å². The van der Waals surface area contributed by atoms with Gasteiger partial charge in [0.05, 0.1) is 17.3 Å². The summed E-state index contributed by atoms with van der Waals surface area (Å²) in [6.07, 6.45) is 3.05. The van der Waals surface area contributed by atoms with Gasteiger partial charge >= 0.3 is 0 Å². The summed E-state index contributed by atoms with van der Waals surface area (Å²) >= 11 is 0.981. The van der Waals surface area contributed by atoms with Gasteiger partial charge in [-0.2, -0.15) is 0 Å². The Balaban J connectivity index is 1.63. The predicted octanol–water partition coefficient (Wildman–Crippen LogP) is 3.63. The van der Waals surface area contributed by atoms with E-state index in [1.165, 1.54) is 13.8 Å². The zero-order chi connectivity index (χ0) is 24.2. The van der Waals surface area contributed by atoms with Crippen molar-refractivity contribution < 1.29 is 19.2 Å². The van der Waals surface area contributed by atoms with Gasteiger partial charge in [0, 0.05) is 13.3 Å². The highest BCUT2D eigenvalue weighted by molar-refractivity contribution is 8.14. The van der Waals surface area contributed by atoms with Crippen LogP contribution in [0.3, 0.4) is 0 Å². The number of benzene rings is 2. The highest BCUT2D eigenvalue weighted by Gasteiger charge is 2.43. The van der Waals surface area contributed by atoms with Gasteiger partial charge in [-0.15, -0.1) is 0 Å². The lowest BCUT2D eigenvalue weighted by atomic mass is 9.88. The second-order valence-corrected chi connectivity index (χ2v) is 10.5. The van der Waals surface area contributed by atoms with Crippen molar-refractivity contribution in [3.05, 3.63) is 71.3 Å². The van der Waals surface area contributed by atoms with E-state index in [1.54, 1.807) is 4.90 Å². The Morgan fingerprint density at radius 3 is 2.44 bits per heavy atom. The fourth-order valence-corrected chi connectivity index (χ4v) is 5.99. The molecule has 0 spiro atoms. The van der Waals surface area contributed by atoms with Crippen LogP contribution >= 0.6 is 11.8 Å². The van der Waals surface area contributed by atoms with Crippen LogP contribution in [0, 0.1) is 0 Å². The number of carbonyl (C=O) groups is 4. The number of piperidine rings is 1. The molecule has 0 bridgehead atoms. The zero-order valence-electron chi connectivity index (χ0n) is 19.5. The standard InChI is InChI=1S/C27H30N2O4S/c1-17(30)23-13-8-14-24-21-12-7-6-11-20(21)16-22(27(33)29(23)24)28-26(32)25(34-18(2)31)15-19-9-4-3-5-10-19/h3-7,9-12,22-25H,8,13-16H2,1-2H3,(H,28,32)/t22?,23-,24+,25-/m0/s1. The number of rotatable bonds is 6. The molecule has 2 aromatic rings. The van der Waals surface area contributed by atoms with E-state index in [-0.39, 0.29) is 28.8 Å². The van der Waals surface area contributed by atoms with E-state index in [0.29, 0.717) is 19.3 Å². The van der Waals surface area contributed by atoms with Gasteiger partial charge in [-0.3, -0.25) is 19.2 Å². The number of Topliss-reactive ketones (excluding diaryl/α,β-unsaturated/α-hetero) is 1. The molecule has 2 heterocycles. The van der Waals surface area contributed by atoms with Crippen LogP contribution in [-0.2, 0) is 32.0 Å². The minimum atomic E-state index is -0.788. The Bertz CT molecular complexity index is 1090.